The van der Waals surface area contributed by atoms with Gasteiger partial charge in [0.1, 0.15) is 0 Å². The van der Waals surface area contributed by atoms with Crippen molar-refractivity contribution >= 4 is 22.8 Å². The quantitative estimate of drug-likeness (QED) is 0.615. The lowest BCUT2D eigenvalue weighted by atomic mass is 9.95. The van der Waals surface area contributed by atoms with Crippen LogP contribution in [0.2, 0.25) is 0 Å². The second-order valence-electron chi connectivity index (χ2n) is 5.47. The van der Waals surface area contributed by atoms with Gasteiger partial charge in [0.15, 0.2) is 10.8 Å². The number of nitrogens with zero attached hydrogens (tertiary/aromatic N) is 4. The van der Waals surface area contributed by atoms with Gasteiger partial charge >= 0.3 is 0 Å². The molecule has 2 heterocycles. The van der Waals surface area contributed by atoms with Crippen molar-refractivity contribution in [2.24, 2.45) is 11.8 Å². The van der Waals surface area contributed by atoms with Crippen molar-refractivity contribution in [1.82, 2.24) is 19.7 Å². The van der Waals surface area contributed by atoms with Crippen LogP contribution in [0.25, 0.3) is 11.0 Å². The van der Waals surface area contributed by atoms with Gasteiger partial charge in [-0.15, -0.1) is 0 Å². The van der Waals surface area contributed by atoms with Gasteiger partial charge < -0.3 is 0 Å². The summed E-state index contributed by atoms with van der Waals surface area (Å²) in [5.41, 5.74) is 1.02. The third-order valence-electron chi connectivity index (χ3n) is 4.51. The molecule has 4 rings (SSSR count). The molecule has 4 nitrogen and oxygen atoms in total. The second kappa shape index (κ2) is 3.95. The fraction of sp³-hybridized carbons (Fsp3) is 0.615. The maximum atomic E-state index is 4.63. The van der Waals surface area contributed by atoms with E-state index in [9.17, 15) is 0 Å². The lowest BCUT2D eigenvalue weighted by molar-refractivity contribution is 0.312. The van der Waals surface area contributed by atoms with Crippen LogP contribution < -0.4 is 0 Å². The minimum Gasteiger partial charge on any atom is -0.244 e. The Morgan fingerprint density at radius 2 is 2.22 bits per heavy atom. The molecule has 0 aliphatic heterocycles. The van der Waals surface area contributed by atoms with Crippen LogP contribution in [0.1, 0.15) is 31.7 Å². The fourth-order valence-corrected chi connectivity index (χ4v) is 4.01. The molecule has 2 aromatic rings. The Hall–Kier alpha value is -1.10. The first-order valence-corrected chi connectivity index (χ1v) is 7.82. The van der Waals surface area contributed by atoms with Crippen LogP contribution in [0, 0.1) is 11.8 Å². The van der Waals surface area contributed by atoms with Gasteiger partial charge in [0.25, 0.3) is 0 Å². The lowest BCUT2D eigenvalue weighted by Crippen LogP contribution is -2.17. The van der Waals surface area contributed by atoms with Crippen molar-refractivity contribution in [3.05, 3.63) is 12.4 Å². The van der Waals surface area contributed by atoms with Crippen molar-refractivity contribution in [2.75, 3.05) is 6.26 Å². The zero-order valence-electron chi connectivity index (χ0n) is 10.4. The molecule has 0 amide bonds. The summed E-state index contributed by atoms with van der Waals surface area (Å²) < 4.78 is 2.17. The Labute approximate surface area is 110 Å². The van der Waals surface area contributed by atoms with E-state index in [0.29, 0.717) is 6.04 Å². The van der Waals surface area contributed by atoms with Crippen LogP contribution in [0.4, 0.5) is 0 Å². The Kier molecular flexibility index (Phi) is 2.37. The Bertz CT molecular complexity index is 594. The highest BCUT2D eigenvalue weighted by atomic mass is 32.2. The molecule has 2 fully saturated rings. The molecule has 2 saturated carbocycles. The molecule has 3 atom stereocenters. The highest BCUT2D eigenvalue weighted by molar-refractivity contribution is 7.98. The lowest BCUT2D eigenvalue weighted by Gasteiger charge is -2.22. The minimum absolute atomic E-state index is 0.575. The number of rotatable bonds is 2. The molecule has 2 aromatic heterocycles. The second-order valence-corrected chi connectivity index (χ2v) is 6.24. The maximum absolute atomic E-state index is 4.63. The van der Waals surface area contributed by atoms with Crippen LogP contribution in [0.5, 0.6) is 0 Å². The molecule has 5 heteroatoms. The average molecular weight is 260 g/mol. The highest BCUT2D eigenvalue weighted by Gasteiger charge is 2.41. The van der Waals surface area contributed by atoms with Crippen molar-refractivity contribution < 1.29 is 0 Å². The summed E-state index contributed by atoms with van der Waals surface area (Å²) in [5.74, 6) is 1.76. The molecule has 2 aliphatic rings. The molecule has 0 aromatic carbocycles. The third kappa shape index (κ3) is 1.49. The predicted molar refractivity (Wildman–Crippen MR) is 71.6 cm³/mol. The number of aromatic nitrogens is 4. The van der Waals surface area contributed by atoms with E-state index in [-0.39, 0.29) is 0 Å². The SMILES string of the molecule is CSc1ncc2cnn(C3CC4CCC3C4)c2n1. The minimum atomic E-state index is 0.575. The molecule has 0 N–H and O–H groups in total. The fourth-order valence-electron chi connectivity index (χ4n) is 3.67. The summed E-state index contributed by atoms with van der Waals surface area (Å²) >= 11 is 1.59. The van der Waals surface area contributed by atoms with E-state index in [1.807, 2.05) is 18.6 Å². The van der Waals surface area contributed by atoms with Gasteiger partial charge in [-0.05, 0) is 37.4 Å². The summed E-state index contributed by atoms with van der Waals surface area (Å²) in [6.45, 7) is 0. The summed E-state index contributed by atoms with van der Waals surface area (Å²) in [4.78, 5) is 8.95. The van der Waals surface area contributed by atoms with E-state index in [0.717, 1.165) is 28.0 Å². The Morgan fingerprint density at radius 1 is 1.28 bits per heavy atom. The number of thioether (sulfide) groups is 1. The molecule has 0 spiro atoms. The molecule has 2 bridgehead atoms. The topological polar surface area (TPSA) is 43.6 Å². The normalized spacial score (nSPS) is 30.4. The smallest absolute Gasteiger partial charge is 0.189 e. The zero-order valence-corrected chi connectivity index (χ0v) is 11.2. The van der Waals surface area contributed by atoms with Gasteiger partial charge in [-0.1, -0.05) is 18.2 Å². The van der Waals surface area contributed by atoms with Crippen molar-refractivity contribution in [2.45, 2.75) is 36.9 Å². The average Bonchev–Trinajstić information content (AvgIpc) is 3.11. The number of hydrogen-bond donors (Lipinski definition) is 0. The highest BCUT2D eigenvalue weighted by Crippen LogP contribution is 2.50. The summed E-state index contributed by atoms with van der Waals surface area (Å²) in [5, 5.41) is 6.48. The summed E-state index contributed by atoms with van der Waals surface area (Å²) in [6, 6.07) is 0.575. The molecular formula is C13H16N4S. The van der Waals surface area contributed by atoms with Gasteiger partial charge in [0.2, 0.25) is 0 Å². The molecule has 2 aliphatic carbocycles. The largest absolute Gasteiger partial charge is 0.244 e. The molecule has 0 radical (unpaired) electrons. The molecule has 0 saturated heterocycles. The van der Waals surface area contributed by atoms with Crippen molar-refractivity contribution in [3.8, 4) is 0 Å². The van der Waals surface area contributed by atoms with Gasteiger partial charge in [0, 0.05) is 6.20 Å². The monoisotopic (exact) mass is 260 g/mol. The number of fused-ring (bicyclic) bond motifs is 3. The first kappa shape index (κ1) is 10.8. The van der Waals surface area contributed by atoms with Gasteiger partial charge in [-0.2, -0.15) is 5.10 Å². The Morgan fingerprint density at radius 3 is 2.94 bits per heavy atom. The predicted octanol–water partition coefficient (Wildman–Crippen LogP) is 2.91. The van der Waals surface area contributed by atoms with Crippen LogP contribution >= 0.6 is 11.8 Å². The van der Waals surface area contributed by atoms with Gasteiger partial charge in [0.05, 0.1) is 17.6 Å². The van der Waals surface area contributed by atoms with E-state index >= 15 is 0 Å². The van der Waals surface area contributed by atoms with Crippen LogP contribution in [-0.4, -0.2) is 26.0 Å². The molecular weight excluding hydrogens is 244 g/mol. The standard InChI is InChI=1S/C13H16N4S/c1-18-13-14-6-10-7-15-17(12(10)16-13)11-5-8-2-3-9(11)4-8/h6-9,11H,2-5H2,1H3. The van der Waals surface area contributed by atoms with E-state index in [1.165, 1.54) is 25.7 Å². The maximum Gasteiger partial charge on any atom is 0.189 e. The van der Waals surface area contributed by atoms with E-state index < -0.39 is 0 Å². The van der Waals surface area contributed by atoms with E-state index in [2.05, 4.69) is 19.7 Å². The number of hydrogen-bond acceptors (Lipinski definition) is 4. The molecule has 3 unspecified atom stereocenters. The van der Waals surface area contributed by atoms with Crippen LogP contribution in [0.15, 0.2) is 17.6 Å². The van der Waals surface area contributed by atoms with E-state index in [1.54, 1.807) is 11.8 Å². The van der Waals surface area contributed by atoms with Gasteiger partial charge in [-0.3, -0.25) is 0 Å². The third-order valence-corrected chi connectivity index (χ3v) is 5.07. The molecule has 94 valence electrons. The first-order valence-electron chi connectivity index (χ1n) is 6.59. The van der Waals surface area contributed by atoms with Crippen LogP contribution in [0.3, 0.4) is 0 Å². The van der Waals surface area contributed by atoms with Crippen molar-refractivity contribution in [3.63, 3.8) is 0 Å². The summed E-state index contributed by atoms with van der Waals surface area (Å²) in [6.07, 6.45) is 11.3. The van der Waals surface area contributed by atoms with Gasteiger partial charge in [-0.25, -0.2) is 14.6 Å². The summed E-state index contributed by atoms with van der Waals surface area (Å²) in [7, 11) is 0. The Balaban J connectivity index is 1.80. The molecule has 18 heavy (non-hydrogen) atoms. The van der Waals surface area contributed by atoms with Crippen molar-refractivity contribution in [1.29, 1.82) is 0 Å². The zero-order chi connectivity index (χ0) is 12.1. The van der Waals surface area contributed by atoms with E-state index in [4.69, 9.17) is 0 Å². The first-order chi connectivity index (χ1) is 8.85. The van der Waals surface area contributed by atoms with Crippen LogP contribution in [-0.2, 0) is 0 Å².